The van der Waals surface area contributed by atoms with Gasteiger partial charge in [0.15, 0.2) is 0 Å². The zero-order valence-corrected chi connectivity index (χ0v) is 11.4. The molecule has 1 radical (unpaired) electrons. The lowest BCUT2D eigenvalue weighted by atomic mass is 9.99. The van der Waals surface area contributed by atoms with Crippen molar-refractivity contribution in [1.82, 2.24) is 0 Å². The summed E-state index contributed by atoms with van der Waals surface area (Å²) >= 11 is 0. The second kappa shape index (κ2) is 7.60. The molecule has 0 aliphatic heterocycles. The summed E-state index contributed by atoms with van der Waals surface area (Å²) in [6.07, 6.45) is 2.31. The van der Waals surface area contributed by atoms with E-state index in [-0.39, 0.29) is 0 Å². The lowest BCUT2D eigenvalue weighted by Crippen LogP contribution is -2.19. The van der Waals surface area contributed by atoms with Gasteiger partial charge in [0.2, 0.25) is 0 Å². The Balaban J connectivity index is 2.28. The predicted octanol–water partition coefficient (Wildman–Crippen LogP) is 3.04. The first-order chi connectivity index (χ1) is 7.76. The van der Waals surface area contributed by atoms with E-state index in [1.165, 1.54) is 12.0 Å². The van der Waals surface area contributed by atoms with E-state index >= 15 is 0 Å². The van der Waals surface area contributed by atoms with Gasteiger partial charge >= 0.3 is 9.28 Å². The molecule has 1 atom stereocenters. The molecule has 0 amide bonds. The van der Waals surface area contributed by atoms with E-state index in [0.29, 0.717) is 5.92 Å². The van der Waals surface area contributed by atoms with Crippen LogP contribution in [0.1, 0.15) is 18.9 Å². The molecular weight excluding hydrogens is 216 g/mol. The van der Waals surface area contributed by atoms with Crippen molar-refractivity contribution in [2.24, 2.45) is 5.92 Å². The van der Waals surface area contributed by atoms with Gasteiger partial charge in [0.25, 0.3) is 0 Å². The summed E-state index contributed by atoms with van der Waals surface area (Å²) in [6, 6.07) is 11.7. The van der Waals surface area contributed by atoms with Gasteiger partial charge in [-0.1, -0.05) is 37.3 Å². The minimum absolute atomic E-state index is 0.688. The highest BCUT2D eigenvalue weighted by molar-refractivity contribution is 6.44. The van der Waals surface area contributed by atoms with E-state index in [9.17, 15) is 0 Å². The maximum absolute atomic E-state index is 5.28. The molecule has 0 spiro atoms. The maximum Gasteiger partial charge on any atom is 0.384 e. The average Bonchev–Trinajstić information content (AvgIpc) is 2.31. The Bertz CT molecular complexity index is 273. The van der Waals surface area contributed by atoms with Gasteiger partial charge in [0.1, 0.15) is 0 Å². The molecule has 2 nitrogen and oxygen atoms in total. The van der Waals surface area contributed by atoms with E-state index in [4.69, 9.17) is 8.85 Å². The number of hydrogen-bond donors (Lipinski definition) is 0. The molecule has 3 heteroatoms. The van der Waals surface area contributed by atoms with Gasteiger partial charge in [-0.2, -0.15) is 0 Å². The lowest BCUT2D eigenvalue weighted by molar-refractivity contribution is 0.274. The SMILES string of the molecule is CO[Si](CCC(C)Cc1ccccc1)OC. The molecule has 16 heavy (non-hydrogen) atoms. The Morgan fingerprint density at radius 2 is 1.75 bits per heavy atom. The highest BCUT2D eigenvalue weighted by atomic mass is 28.3. The number of rotatable bonds is 7. The molecule has 1 aromatic rings. The Labute approximate surface area is 100 Å². The minimum Gasteiger partial charge on any atom is -0.397 e. The number of hydrogen-bond acceptors (Lipinski definition) is 2. The third-order valence-electron chi connectivity index (χ3n) is 2.72. The monoisotopic (exact) mass is 237 g/mol. The summed E-state index contributed by atoms with van der Waals surface area (Å²) in [5.74, 6) is 0.688. The van der Waals surface area contributed by atoms with Gasteiger partial charge in [0.05, 0.1) is 0 Å². The van der Waals surface area contributed by atoms with Gasteiger partial charge in [-0.15, -0.1) is 0 Å². The van der Waals surface area contributed by atoms with E-state index in [2.05, 4.69) is 37.3 Å². The van der Waals surface area contributed by atoms with Crippen molar-refractivity contribution in [2.45, 2.75) is 25.8 Å². The molecule has 0 saturated carbocycles. The summed E-state index contributed by atoms with van der Waals surface area (Å²) in [5.41, 5.74) is 1.42. The van der Waals surface area contributed by atoms with Crippen LogP contribution in [0, 0.1) is 5.92 Å². The molecule has 0 aliphatic rings. The lowest BCUT2D eigenvalue weighted by Gasteiger charge is -2.14. The fraction of sp³-hybridized carbons (Fsp3) is 0.538. The van der Waals surface area contributed by atoms with Crippen molar-refractivity contribution < 1.29 is 8.85 Å². The Morgan fingerprint density at radius 1 is 1.12 bits per heavy atom. The second-order valence-corrected chi connectivity index (χ2v) is 6.17. The first-order valence-corrected chi connectivity index (χ1v) is 7.26. The average molecular weight is 237 g/mol. The highest BCUT2D eigenvalue weighted by Gasteiger charge is 2.14. The number of benzene rings is 1. The summed E-state index contributed by atoms with van der Waals surface area (Å²) in [4.78, 5) is 0. The fourth-order valence-corrected chi connectivity index (χ4v) is 3.07. The second-order valence-electron chi connectivity index (χ2n) is 4.11. The van der Waals surface area contributed by atoms with Crippen LogP contribution in [0.2, 0.25) is 6.04 Å². The van der Waals surface area contributed by atoms with Crippen LogP contribution in [-0.4, -0.2) is 23.5 Å². The van der Waals surface area contributed by atoms with Gasteiger partial charge < -0.3 is 8.85 Å². The van der Waals surface area contributed by atoms with Crippen LogP contribution in [0.5, 0.6) is 0 Å². The largest absolute Gasteiger partial charge is 0.397 e. The third-order valence-corrected chi connectivity index (χ3v) is 4.33. The minimum atomic E-state index is -1.01. The van der Waals surface area contributed by atoms with Crippen LogP contribution in [0.4, 0.5) is 0 Å². The van der Waals surface area contributed by atoms with Crippen molar-refractivity contribution in [3.8, 4) is 0 Å². The van der Waals surface area contributed by atoms with Crippen LogP contribution in [-0.2, 0) is 15.3 Å². The van der Waals surface area contributed by atoms with Crippen molar-refractivity contribution in [3.63, 3.8) is 0 Å². The van der Waals surface area contributed by atoms with Crippen molar-refractivity contribution in [1.29, 1.82) is 0 Å². The molecule has 0 saturated heterocycles. The van der Waals surface area contributed by atoms with E-state index in [1.807, 2.05) is 0 Å². The van der Waals surface area contributed by atoms with Crippen molar-refractivity contribution in [3.05, 3.63) is 35.9 Å². The molecule has 0 heterocycles. The molecule has 1 unspecified atom stereocenters. The predicted molar refractivity (Wildman–Crippen MR) is 68.5 cm³/mol. The standard InChI is InChI=1S/C13H21O2Si/c1-12(9-10-16(14-2)15-3)11-13-7-5-4-6-8-13/h4-8,12H,9-11H2,1-3H3. The van der Waals surface area contributed by atoms with E-state index in [0.717, 1.165) is 12.5 Å². The third kappa shape index (κ3) is 4.92. The molecule has 0 aromatic heterocycles. The van der Waals surface area contributed by atoms with E-state index in [1.54, 1.807) is 14.2 Å². The molecule has 0 N–H and O–H groups in total. The molecule has 0 aliphatic carbocycles. The van der Waals surface area contributed by atoms with E-state index < -0.39 is 9.28 Å². The molecule has 1 rings (SSSR count). The van der Waals surface area contributed by atoms with Crippen LogP contribution in [0.3, 0.4) is 0 Å². The van der Waals surface area contributed by atoms with Crippen LogP contribution in [0.15, 0.2) is 30.3 Å². The Kier molecular flexibility index (Phi) is 6.38. The molecule has 89 valence electrons. The van der Waals surface area contributed by atoms with Crippen molar-refractivity contribution >= 4 is 9.28 Å². The molecule has 1 aromatic carbocycles. The highest BCUT2D eigenvalue weighted by Crippen LogP contribution is 2.15. The van der Waals surface area contributed by atoms with Crippen molar-refractivity contribution in [2.75, 3.05) is 14.2 Å². The first-order valence-electron chi connectivity index (χ1n) is 5.74. The molecular formula is C13H21O2Si. The van der Waals surface area contributed by atoms with Crippen LogP contribution in [0.25, 0.3) is 0 Å². The zero-order chi connectivity index (χ0) is 11.8. The zero-order valence-electron chi connectivity index (χ0n) is 10.4. The van der Waals surface area contributed by atoms with Crippen LogP contribution >= 0.6 is 0 Å². The summed E-state index contributed by atoms with van der Waals surface area (Å²) < 4.78 is 10.6. The molecule has 0 fully saturated rings. The Morgan fingerprint density at radius 3 is 2.31 bits per heavy atom. The van der Waals surface area contributed by atoms with Gasteiger partial charge in [-0.25, -0.2) is 0 Å². The fourth-order valence-electron chi connectivity index (χ4n) is 1.77. The van der Waals surface area contributed by atoms with Crippen LogP contribution < -0.4 is 0 Å². The van der Waals surface area contributed by atoms with Gasteiger partial charge in [-0.05, 0) is 30.4 Å². The summed E-state index contributed by atoms with van der Waals surface area (Å²) in [7, 11) is 2.46. The smallest absolute Gasteiger partial charge is 0.384 e. The topological polar surface area (TPSA) is 18.5 Å². The Hall–Kier alpha value is -0.643. The first kappa shape index (κ1) is 13.4. The van der Waals surface area contributed by atoms with Gasteiger partial charge in [-0.3, -0.25) is 0 Å². The van der Waals surface area contributed by atoms with Gasteiger partial charge in [0, 0.05) is 14.2 Å². The summed E-state index contributed by atoms with van der Waals surface area (Å²) in [6.45, 7) is 2.29. The normalized spacial score (nSPS) is 13.0. The summed E-state index contributed by atoms with van der Waals surface area (Å²) in [5, 5.41) is 0. The quantitative estimate of drug-likeness (QED) is 0.679. The molecule has 0 bridgehead atoms. The maximum atomic E-state index is 5.28.